The van der Waals surface area contributed by atoms with E-state index in [0.717, 1.165) is 12.2 Å². The number of nitrogens with one attached hydrogen (secondary N) is 1. The van der Waals surface area contributed by atoms with Gasteiger partial charge in [-0.1, -0.05) is 12.2 Å². The van der Waals surface area contributed by atoms with Crippen molar-refractivity contribution in [1.82, 2.24) is 10.3 Å². The SMILES string of the molecule is NC(=S)c1cc(N2CCNC(=O)CC2)ccn1. The van der Waals surface area contributed by atoms with Gasteiger partial charge in [-0.3, -0.25) is 9.78 Å². The van der Waals surface area contributed by atoms with Crippen molar-refractivity contribution in [3.63, 3.8) is 0 Å². The summed E-state index contributed by atoms with van der Waals surface area (Å²) in [6.45, 7) is 2.14. The number of anilines is 1. The van der Waals surface area contributed by atoms with E-state index in [2.05, 4.69) is 15.2 Å². The van der Waals surface area contributed by atoms with Gasteiger partial charge in [-0.05, 0) is 12.1 Å². The number of aromatic nitrogens is 1. The largest absolute Gasteiger partial charge is 0.388 e. The van der Waals surface area contributed by atoms with E-state index in [4.69, 9.17) is 18.0 Å². The van der Waals surface area contributed by atoms with Crippen LogP contribution < -0.4 is 16.0 Å². The smallest absolute Gasteiger partial charge is 0.221 e. The van der Waals surface area contributed by atoms with Crippen LogP contribution in [0.4, 0.5) is 5.69 Å². The number of pyridine rings is 1. The highest BCUT2D eigenvalue weighted by Gasteiger charge is 2.14. The van der Waals surface area contributed by atoms with Gasteiger partial charge in [0.2, 0.25) is 5.91 Å². The van der Waals surface area contributed by atoms with Gasteiger partial charge in [0.25, 0.3) is 0 Å². The number of thiocarbonyl (C=S) groups is 1. The quantitative estimate of drug-likeness (QED) is 0.725. The van der Waals surface area contributed by atoms with Crippen molar-refractivity contribution >= 4 is 28.8 Å². The van der Waals surface area contributed by atoms with Crippen LogP contribution in [0.5, 0.6) is 0 Å². The van der Waals surface area contributed by atoms with E-state index in [9.17, 15) is 4.79 Å². The molecule has 1 aliphatic heterocycles. The van der Waals surface area contributed by atoms with Gasteiger partial charge in [0, 0.05) is 37.9 Å². The predicted molar refractivity (Wildman–Crippen MR) is 70.0 cm³/mol. The Balaban J connectivity index is 2.18. The summed E-state index contributed by atoms with van der Waals surface area (Å²) in [5.74, 6) is 0.0936. The minimum atomic E-state index is 0.0936. The molecule has 1 fully saturated rings. The molecule has 0 bridgehead atoms. The number of nitrogens with zero attached hydrogens (tertiary/aromatic N) is 2. The van der Waals surface area contributed by atoms with Crippen LogP contribution in [-0.4, -0.2) is 35.5 Å². The molecule has 3 N–H and O–H groups in total. The number of hydrogen-bond donors (Lipinski definition) is 2. The first kappa shape index (κ1) is 11.8. The highest BCUT2D eigenvalue weighted by Crippen LogP contribution is 2.15. The standard InChI is InChI=1S/C11H14N4OS/c12-11(17)9-7-8(1-3-13-9)15-5-2-10(16)14-4-6-15/h1,3,7H,2,4-6H2,(H2,12,17)(H,14,16). The van der Waals surface area contributed by atoms with Crippen LogP contribution in [0.3, 0.4) is 0 Å². The zero-order chi connectivity index (χ0) is 12.3. The number of rotatable bonds is 2. The highest BCUT2D eigenvalue weighted by atomic mass is 32.1. The topological polar surface area (TPSA) is 71.2 Å². The normalized spacial score (nSPS) is 16.2. The van der Waals surface area contributed by atoms with Gasteiger partial charge in [-0.2, -0.15) is 0 Å². The molecule has 0 aromatic carbocycles. The summed E-state index contributed by atoms with van der Waals surface area (Å²) in [6.07, 6.45) is 2.19. The molecule has 0 aliphatic carbocycles. The van der Waals surface area contributed by atoms with Gasteiger partial charge >= 0.3 is 0 Å². The van der Waals surface area contributed by atoms with Crippen molar-refractivity contribution in [1.29, 1.82) is 0 Å². The van der Waals surface area contributed by atoms with Crippen LogP contribution in [0.2, 0.25) is 0 Å². The molecule has 0 atom stereocenters. The Morgan fingerprint density at radius 2 is 2.35 bits per heavy atom. The summed E-state index contributed by atoms with van der Waals surface area (Å²) in [6, 6.07) is 3.76. The third kappa shape index (κ3) is 2.91. The maximum atomic E-state index is 11.2. The summed E-state index contributed by atoms with van der Waals surface area (Å²) in [5.41, 5.74) is 7.16. The Kier molecular flexibility index (Phi) is 3.53. The van der Waals surface area contributed by atoms with Crippen molar-refractivity contribution in [2.45, 2.75) is 6.42 Å². The Morgan fingerprint density at radius 1 is 1.53 bits per heavy atom. The van der Waals surface area contributed by atoms with Crippen LogP contribution in [0.15, 0.2) is 18.3 Å². The first-order valence-electron chi connectivity index (χ1n) is 5.44. The zero-order valence-corrected chi connectivity index (χ0v) is 10.2. The van der Waals surface area contributed by atoms with E-state index in [-0.39, 0.29) is 10.9 Å². The first-order valence-corrected chi connectivity index (χ1v) is 5.85. The molecule has 2 heterocycles. The fraction of sp³-hybridized carbons (Fsp3) is 0.364. The van der Waals surface area contributed by atoms with E-state index >= 15 is 0 Å². The maximum absolute atomic E-state index is 11.2. The van der Waals surface area contributed by atoms with E-state index in [1.54, 1.807) is 6.20 Å². The number of carbonyl (C=O) groups excluding carboxylic acids is 1. The molecular weight excluding hydrogens is 236 g/mol. The molecule has 17 heavy (non-hydrogen) atoms. The molecule has 1 aliphatic rings. The van der Waals surface area contributed by atoms with Gasteiger partial charge in [0.15, 0.2) is 0 Å². The molecule has 6 heteroatoms. The Labute approximate surface area is 105 Å². The second-order valence-corrected chi connectivity index (χ2v) is 4.29. The van der Waals surface area contributed by atoms with Crippen LogP contribution in [-0.2, 0) is 4.79 Å². The molecule has 1 aromatic rings. The van der Waals surface area contributed by atoms with E-state index in [1.165, 1.54) is 0 Å². The molecule has 0 radical (unpaired) electrons. The number of carbonyl (C=O) groups is 1. The number of nitrogens with two attached hydrogens (primary N) is 1. The molecule has 1 aromatic heterocycles. The van der Waals surface area contributed by atoms with Crippen LogP contribution in [0, 0.1) is 0 Å². The molecule has 2 rings (SSSR count). The van der Waals surface area contributed by atoms with Crippen LogP contribution >= 0.6 is 12.2 Å². The molecule has 1 saturated heterocycles. The summed E-state index contributed by atoms with van der Waals surface area (Å²) >= 11 is 4.90. The second kappa shape index (κ2) is 5.09. The van der Waals surface area contributed by atoms with Gasteiger partial charge in [0.1, 0.15) is 4.99 Å². The number of amides is 1. The lowest BCUT2D eigenvalue weighted by Crippen LogP contribution is -2.28. The fourth-order valence-electron chi connectivity index (χ4n) is 1.78. The number of hydrogen-bond acceptors (Lipinski definition) is 4. The third-order valence-corrected chi connectivity index (χ3v) is 2.88. The average molecular weight is 250 g/mol. The van der Waals surface area contributed by atoms with Gasteiger partial charge in [0.05, 0.1) is 5.69 Å². The zero-order valence-electron chi connectivity index (χ0n) is 9.35. The highest BCUT2D eigenvalue weighted by molar-refractivity contribution is 7.80. The van der Waals surface area contributed by atoms with Crippen LogP contribution in [0.1, 0.15) is 12.1 Å². The van der Waals surface area contributed by atoms with E-state index < -0.39 is 0 Å². The summed E-state index contributed by atoms with van der Waals surface area (Å²) in [5, 5.41) is 2.83. The minimum Gasteiger partial charge on any atom is -0.388 e. The van der Waals surface area contributed by atoms with Crippen LogP contribution in [0.25, 0.3) is 0 Å². The minimum absolute atomic E-state index is 0.0936. The molecule has 0 unspecified atom stereocenters. The first-order chi connectivity index (χ1) is 8.16. The molecule has 90 valence electrons. The lowest BCUT2D eigenvalue weighted by molar-refractivity contribution is -0.120. The molecule has 0 saturated carbocycles. The van der Waals surface area contributed by atoms with Gasteiger partial charge < -0.3 is 16.0 Å². The molecular formula is C11H14N4OS. The van der Waals surface area contributed by atoms with Gasteiger partial charge in [-0.15, -0.1) is 0 Å². The maximum Gasteiger partial charge on any atom is 0.221 e. The second-order valence-electron chi connectivity index (χ2n) is 3.85. The molecule has 1 amide bonds. The molecule has 0 spiro atoms. The van der Waals surface area contributed by atoms with Crippen molar-refractivity contribution in [3.05, 3.63) is 24.0 Å². The Morgan fingerprint density at radius 3 is 3.12 bits per heavy atom. The van der Waals surface area contributed by atoms with Gasteiger partial charge in [-0.25, -0.2) is 0 Å². The fourth-order valence-corrected chi connectivity index (χ4v) is 1.89. The predicted octanol–water partition coefficient (Wildman–Crippen LogP) is 0.0421. The Hall–Kier alpha value is -1.69. The Bertz CT molecular complexity index is 449. The average Bonchev–Trinajstić information content (AvgIpc) is 2.54. The summed E-state index contributed by atoms with van der Waals surface area (Å²) < 4.78 is 0. The lowest BCUT2D eigenvalue weighted by Gasteiger charge is -2.21. The van der Waals surface area contributed by atoms with Crippen molar-refractivity contribution in [3.8, 4) is 0 Å². The van der Waals surface area contributed by atoms with Crippen molar-refractivity contribution in [2.24, 2.45) is 5.73 Å². The van der Waals surface area contributed by atoms with E-state index in [1.807, 2.05) is 12.1 Å². The summed E-state index contributed by atoms with van der Waals surface area (Å²) in [4.78, 5) is 17.8. The van der Waals surface area contributed by atoms with E-state index in [0.29, 0.717) is 25.2 Å². The lowest BCUT2D eigenvalue weighted by atomic mass is 10.2. The molecule has 5 nitrogen and oxygen atoms in total. The monoisotopic (exact) mass is 250 g/mol. The summed E-state index contributed by atoms with van der Waals surface area (Å²) in [7, 11) is 0. The van der Waals surface area contributed by atoms with Crippen molar-refractivity contribution in [2.75, 3.05) is 24.5 Å². The van der Waals surface area contributed by atoms with Crippen molar-refractivity contribution < 1.29 is 4.79 Å². The third-order valence-electron chi connectivity index (χ3n) is 2.67.